The first-order valence-electron chi connectivity index (χ1n) is 7.54. The molecule has 9 heteroatoms. The molecule has 0 amide bonds. The third kappa shape index (κ3) is 3.64. The predicted octanol–water partition coefficient (Wildman–Crippen LogP) is 4.09. The van der Waals surface area contributed by atoms with E-state index in [2.05, 4.69) is 20.3 Å². The number of nitrogens with two attached hydrogens (primary N) is 1. The van der Waals surface area contributed by atoms with Crippen molar-refractivity contribution in [3.8, 4) is 11.6 Å². The van der Waals surface area contributed by atoms with E-state index in [1.807, 2.05) is 30.3 Å². The molecule has 0 aliphatic heterocycles. The summed E-state index contributed by atoms with van der Waals surface area (Å²) in [6, 6.07) is 11.2. The van der Waals surface area contributed by atoms with E-state index in [9.17, 15) is 0 Å². The van der Waals surface area contributed by atoms with Gasteiger partial charge in [0.2, 0.25) is 0 Å². The Hall–Kier alpha value is -1.67. The van der Waals surface area contributed by atoms with Gasteiger partial charge in [0.1, 0.15) is 5.03 Å². The quantitative estimate of drug-likeness (QED) is 0.710. The fourth-order valence-electron chi connectivity index (χ4n) is 2.44. The number of nitrogens with zero attached hydrogens (tertiary/aromatic N) is 4. The fraction of sp³-hybridized carbons (Fsp3) is 0.250. The van der Waals surface area contributed by atoms with Crippen LogP contribution in [0.3, 0.4) is 0 Å². The Kier molecular flexibility index (Phi) is 5.29. The van der Waals surface area contributed by atoms with Gasteiger partial charge in [0.25, 0.3) is 5.89 Å². The topological polar surface area (TPSA) is 90.7 Å². The average molecular weight is 396 g/mol. The van der Waals surface area contributed by atoms with Crippen LogP contribution in [0.2, 0.25) is 5.02 Å². The minimum Gasteiger partial charge on any atom is -0.332 e. The molecule has 0 unspecified atom stereocenters. The Morgan fingerprint density at radius 2 is 1.92 bits per heavy atom. The summed E-state index contributed by atoms with van der Waals surface area (Å²) in [5.41, 5.74) is 6.28. The van der Waals surface area contributed by atoms with Crippen molar-refractivity contribution in [1.82, 2.24) is 20.3 Å². The van der Waals surface area contributed by atoms with Gasteiger partial charge in [-0.3, -0.25) is 0 Å². The lowest BCUT2D eigenvalue weighted by molar-refractivity contribution is 0.229. The lowest BCUT2D eigenvalue weighted by atomic mass is 9.77. The largest absolute Gasteiger partial charge is 0.332 e. The summed E-state index contributed by atoms with van der Waals surface area (Å²) in [4.78, 5) is 5.30. The number of halogens is 2. The summed E-state index contributed by atoms with van der Waals surface area (Å²) in [5.74, 6) is 0.878. The maximum atomic E-state index is 6.20. The summed E-state index contributed by atoms with van der Waals surface area (Å²) in [6.45, 7) is 0. The van der Waals surface area contributed by atoms with Crippen molar-refractivity contribution in [2.45, 2.75) is 34.7 Å². The second-order valence-electron chi connectivity index (χ2n) is 5.72. The van der Waals surface area contributed by atoms with Crippen molar-refractivity contribution >= 4 is 35.8 Å². The van der Waals surface area contributed by atoms with E-state index in [0.717, 1.165) is 29.2 Å². The van der Waals surface area contributed by atoms with E-state index in [1.165, 1.54) is 11.8 Å². The molecule has 130 valence electrons. The molecule has 1 aliphatic rings. The van der Waals surface area contributed by atoms with Crippen LogP contribution in [0.15, 0.2) is 50.8 Å². The van der Waals surface area contributed by atoms with Gasteiger partial charge in [-0.2, -0.15) is 4.98 Å². The van der Waals surface area contributed by atoms with Gasteiger partial charge in [0.15, 0.2) is 11.5 Å². The second kappa shape index (κ2) is 7.29. The van der Waals surface area contributed by atoms with Gasteiger partial charge in [0.05, 0.1) is 10.6 Å². The first-order chi connectivity index (χ1) is 11.6. The van der Waals surface area contributed by atoms with Crippen molar-refractivity contribution in [3.05, 3.63) is 47.2 Å². The van der Waals surface area contributed by atoms with Gasteiger partial charge in [0, 0.05) is 4.90 Å². The lowest BCUT2D eigenvalue weighted by Crippen LogP contribution is -2.44. The minimum absolute atomic E-state index is 0. The van der Waals surface area contributed by atoms with Gasteiger partial charge in [-0.25, -0.2) is 0 Å². The van der Waals surface area contributed by atoms with Crippen LogP contribution >= 0.6 is 35.8 Å². The molecule has 0 atom stereocenters. The molecular formula is C16H15Cl2N5OS. The molecule has 25 heavy (non-hydrogen) atoms. The number of aromatic nitrogens is 4. The Morgan fingerprint density at radius 1 is 1.12 bits per heavy atom. The molecule has 0 saturated heterocycles. The zero-order valence-electron chi connectivity index (χ0n) is 13.1. The number of hydrogen-bond acceptors (Lipinski definition) is 7. The van der Waals surface area contributed by atoms with Gasteiger partial charge < -0.3 is 10.3 Å². The highest BCUT2D eigenvalue weighted by Crippen LogP contribution is 2.37. The molecule has 2 aromatic heterocycles. The maximum Gasteiger partial charge on any atom is 0.278 e. The SMILES string of the molecule is Cl.NC1(c2noc(-c3ccc(Sc4ccccc4Cl)nn3)n2)CCC1. The molecule has 1 saturated carbocycles. The number of hydrogen-bond donors (Lipinski definition) is 1. The summed E-state index contributed by atoms with van der Waals surface area (Å²) < 4.78 is 5.28. The Balaban J connectivity index is 0.00000182. The predicted molar refractivity (Wildman–Crippen MR) is 97.9 cm³/mol. The molecule has 2 heterocycles. The average Bonchev–Trinajstić information content (AvgIpc) is 3.06. The van der Waals surface area contributed by atoms with Gasteiger partial charge in [-0.15, -0.1) is 22.6 Å². The van der Waals surface area contributed by atoms with E-state index in [0.29, 0.717) is 22.4 Å². The van der Waals surface area contributed by atoms with Crippen LogP contribution in [0.1, 0.15) is 25.1 Å². The molecule has 4 rings (SSSR count). The van der Waals surface area contributed by atoms with Crippen molar-refractivity contribution < 1.29 is 4.52 Å². The van der Waals surface area contributed by atoms with Crippen LogP contribution in [0.25, 0.3) is 11.6 Å². The van der Waals surface area contributed by atoms with Gasteiger partial charge >= 0.3 is 0 Å². The van der Waals surface area contributed by atoms with Gasteiger partial charge in [-0.05, 0) is 43.5 Å². The van der Waals surface area contributed by atoms with Crippen molar-refractivity contribution in [1.29, 1.82) is 0 Å². The standard InChI is InChI=1S/C16H14ClN5OS.ClH/c17-10-4-1-2-5-12(10)24-13-7-6-11(20-21-13)14-19-15(22-23-14)16(18)8-3-9-16;/h1-2,4-7H,3,8-9,18H2;1H. The van der Waals surface area contributed by atoms with Crippen molar-refractivity contribution in [2.24, 2.45) is 5.73 Å². The van der Waals surface area contributed by atoms with Gasteiger partial charge in [-0.1, -0.05) is 40.7 Å². The molecule has 1 aromatic carbocycles. The third-order valence-corrected chi connectivity index (χ3v) is 5.47. The monoisotopic (exact) mass is 395 g/mol. The van der Waals surface area contributed by atoms with Crippen LogP contribution in [0.4, 0.5) is 0 Å². The molecular weight excluding hydrogens is 381 g/mol. The Labute approximate surface area is 160 Å². The minimum atomic E-state index is -0.449. The van der Waals surface area contributed by atoms with Crippen LogP contribution < -0.4 is 5.73 Å². The zero-order chi connectivity index (χ0) is 16.6. The molecule has 0 bridgehead atoms. The van der Waals surface area contributed by atoms with Crippen LogP contribution in [0, 0.1) is 0 Å². The molecule has 6 nitrogen and oxygen atoms in total. The first kappa shape index (κ1) is 18.1. The fourth-order valence-corrected chi connectivity index (χ4v) is 3.45. The molecule has 1 fully saturated rings. The molecule has 0 radical (unpaired) electrons. The van der Waals surface area contributed by atoms with Crippen LogP contribution in [-0.2, 0) is 5.54 Å². The van der Waals surface area contributed by atoms with Crippen LogP contribution in [-0.4, -0.2) is 20.3 Å². The molecule has 3 aromatic rings. The Morgan fingerprint density at radius 3 is 2.56 bits per heavy atom. The lowest BCUT2D eigenvalue weighted by Gasteiger charge is -2.34. The number of rotatable bonds is 4. The summed E-state index contributed by atoms with van der Waals surface area (Å²) in [7, 11) is 0. The van der Waals surface area contributed by atoms with Crippen LogP contribution in [0.5, 0.6) is 0 Å². The van der Waals surface area contributed by atoms with E-state index in [-0.39, 0.29) is 12.4 Å². The van der Waals surface area contributed by atoms with Crippen molar-refractivity contribution in [2.75, 3.05) is 0 Å². The zero-order valence-corrected chi connectivity index (χ0v) is 15.4. The van der Waals surface area contributed by atoms with E-state index >= 15 is 0 Å². The summed E-state index contributed by atoms with van der Waals surface area (Å²) in [5, 5.41) is 13.8. The highest BCUT2D eigenvalue weighted by Gasteiger charge is 2.39. The van der Waals surface area contributed by atoms with E-state index in [4.69, 9.17) is 21.9 Å². The molecule has 2 N–H and O–H groups in total. The second-order valence-corrected chi connectivity index (χ2v) is 7.19. The van der Waals surface area contributed by atoms with Crippen molar-refractivity contribution in [3.63, 3.8) is 0 Å². The summed E-state index contributed by atoms with van der Waals surface area (Å²) >= 11 is 7.60. The Bertz CT molecular complexity index is 867. The highest BCUT2D eigenvalue weighted by molar-refractivity contribution is 7.99. The highest BCUT2D eigenvalue weighted by atomic mass is 35.5. The summed E-state index contributed by atoms with van der Waals surface area (Å²) in [6.07, 6.45) is 2.85. The normalized spacial score (nSPS) is 15.3. The smallest absolute Gasteiger partial charge is 0.278 e. The first-order valence-corrected chi connectivity index (χ1v) is 8.73. The molecule has 1 aliphatic carbocycles. The van der Waals surface area contributed by atoms with E-state index < -0.39 is 5.54 Å². The third-order valence-electron chi connectivity index (χ3n) is 4.03. The molecule has 0 spiro atoms. The number of benzene rings is 1. The van der Waals surface area contributed by atoms with E-state index in [1.54, 1.807) is 6.07 Å². The maximum absolute atomic E-state index is 6.20.